The van der Waals surface area contributed by atoms with Crippen LogP contribution >= 0.6 is 52.7 Å². The van der Waals surface area contributed by atoms with Crippen LogP contribution in [0.1, 0.15) is 11.1 Å². The van der Waals surface area contributed by atoms with Crippen LogP contribution in [0.5, 0.6) is 0 Å². The van der Waals surface area contributed by atoms with Crippen LogP contribution in [-0.2, 0) is 0 Å². The molecular weight excluding hydrogens is 523 g/mol. The van der Waals surface area contributed by atoms with Crippen molar-refractivity contribution >= 4 is 81.9 Å². The van der Waals surface area contributed by atoms with E-state index < -0.39 is 21.0 Å². The summed E-state index contributed by atoms with van der Waals surface area (Å²) in [5, 5.41) is 3.52. The van der Waals surface area contributed by atoms with Gasteiger partial charge in [-0.3, -0.25) is 3.56 Å². The first-order valence-corrected chi connectivity index (χ1v) is 9.75. The summed E-state index contributed by atoms with van der Waals surface area (Å²) in [6.07, 6.45) is 3.91. The lowest BCUT2D eigenvalue weighted by Crippen LogP contribution is -1.96. The van der Waals surface area contributed by atoms with Crippen LogP contribution in [0.4, 0.5) is 17.1 Å². The molecule has 0 heterocycles. The molecule has 0 saturated carbocycles. The Hall–Kier alpha value is -1.06. The molecule has 0 fully saturated rings. The van der Waals surface area contributed by atoms with Gasteiger partial charge >= 0.3 is 0 Å². The second kappa shape index (κ2) is 7.98. The van der Waals surface area contributed by atoms with Gasteiger partial charge in [-0.25, -0.2) is 10.3 Å². The average molecular weight is 535 g/mol. The summed E-state index contributed by atoms with van der Waals surface area (Å²) in [4.78, 5) is 0. The molecule has 112 valence electrons. The Morgan fingerprint density at radius 3 is 2.41 bits per heavy atom. The Morgan fingerprint density at radius 1 is 1.18 bits per heavy atom. The summed E-state index contributed by atoms with van der Waals surface area (Å²) in [5.74, 6) is 0. The number of anilines is 1. The Balaban J connectivity index is 2.69. The van der Waals surface area contributed by atoms with Gasteiger partial charge in [-0.1, -0.05) is 42.5 Å². The Kier molecular flexibility index (Phi) is 6.27. The number of hydrogen-bond donors (Lipinski definition) is 3. The van der Waals surface area contributed by atoms with E-state index in [4.69, 9.17) is 14.8 Å². The van der Waals surface area contributed by atoms with E-state index in [0.717, 1.165) is 18.3 Å². The number of hydrogen-bond acceptors (Lipinski definition) is 5. The lowest BCUT2D eigenvalue weighted by atomic mass is 10.1. The minimum atomic E-state index is -1.03. The molecule has 0 aromatic heterocycles. The summed E-state index contributed by atoms with van der Waals surface area (Å²) in [7, 11) is 3.13. The maximum absolute atomic E-state index is 7.86. The zero-order valence-corrected chi connectivity index (χ0v) is 16.6. The van der Waals surface area contributed by atoms with Crippen LogP contribution in [-0.4, -0.2) is 0 Å². The lowest BCUT2D eigenvalue weighted by molar-refractivity contribution is 1.14. The molecule has 0 bridgehead atoms. The zero-order valence-electron chi connectivity index (χ0n) is 11.3. The summed E-state index contributed by atoms with van der Waals surface area (Å²) in [6, 6.07) is 9.90. The highest BCUT2D eigenvalue weighted by molar-refractivity contribution is 14.2. The van der Waals surface area contributed by atoms with Crippen molar-refractivity contribution < 1.29 is 0 Å². The van der Waals surface area contributed by atoms with Gasteiger partial charge in [0, 0.05) is 30.2 Å². The van der Waals surface area contributed by atoms with Gasteiger partial charge in [0.2, 0.25) is 0 Å². The maximum atomic E-state index is 7.86. The highest BCUT2D eigenvalue weighted by atomic mass is 127. The van der Waals surface area contributed by atoms with Gasteiger partial charge in [0.1, 0.15) is 11.4 Å². The summed E-state index contributed by atoms with van der Waals surface area (Å²) >= 11 is 1.13. The fraction of sp³-hybridized carbons (Fsp3) is 0. The topological polar surface area (TPSA) is 98.4 Å². The highest BCUT2D eigenvalue weighted by Gasteiger charge is 2.19. The van der Waals surface area contributed by atoms with E-state index in [0.29, 0.717) is 17.1 Å². The van der Waals surface area contributed by atoms with Gasteiger partial charge in [-0.15, -0.1) is 0 Å². The van der Waals surface area contributed by atoms with Crippen molar-refractivity contribution in [1.29, 1.82) is 9.09 Å². The van der Waals surface area contributed by atoms with Crippen molar-refractivity contribution in [2.75, 3.05) is 5.73 Å². The number of nitrogens with one attached hydrogen (secondary N) is 2. The highest BCUT2D eigenvalue weighted by Crippen LogP contribution is 2.45. The van der Waals surface area contributed by atoms with Gasteiger partial charge in [0.15, 0.2) is 0 Å². The van der Waals surface area contributed by atoms with E-state index in [1.54, 1.807) is 0 Å². The molecule has 2 aromatic carbocycles. The first kappa shape index (κ1) is 17.3. The number of halogens is 2. The Labute approximate surface area is 154 Å². The van der Waals surface area contributed by atoms with Crippen LogP contribution in [0, 0.1) is 16.2 Å². The molecule has 0 atom stereocenters. The van der Waals surface area contributed by atoms with Crippen molar-refractivity contribution in [2.45, 2.75) is 0 Å². The fourth-order valence-corrected chi connectivity index (χ4v) is 5.15. The van der Waals surface area contributed by atoms with Crippen molar-refractivity contribution in [1.82, 2.24) is 0 Å². The molecule has 0 aliphatic carbocycles. The van der Waals surface area contributed by atoms with E-state index in [1.165, 1.54) is 0 Å². The molecular formula is C14H12I2N5P. The molecule has 5 nitrogen and oxygen atoms in total. The number of nitrogens with zero attached hydrogens (tertiary/aromatic N) is 2. The molecule has 0 aliphatic heterocycles. The van der Waals surface area contributed by atoms with E-state index in [-0.39, 0.29) is 0 Å². The average Bonchev–Trinajstić information content (AvgIpc) is 2.55. The molecule has 0 aliphatic rings. The quantitative estimate of drug-likeness (QED) is 0.131. The third-order valence-corrected chi connectivity index (χ3v) is 5.91. The summed E-state index contributed by atoms with van der Waals surface area (Å²) < 4.78 is 13.5. The molecule has 2 rings (SSSR count). The number of nitrogens with two attached hydrogens (primary N) is 1. The maximum Gasteiger partial charge on any atom is 0.125 e. The monoisotopic (exact) mass is 535 g/mol. The predicted octanol–water partition coefficient (Wildman–Crippen LogP) is 6.57. The number of rotatable bonds is 5. The van der Waals surface area contributed by atoms with Gasteiger partial charge in [0.05, 0.1) is 9.26 Å². The second-order valence-electron chi connectivity index (χ2n) is 4.21. The lowest BCUT2D eigenvalue weighted by Gasteiger charge is -2.12. The molecule has 0 spiro atoms. The van der Waals surface area contributed by atoms with Crippen LogP contribution in [0.2, 0.25) is 0 Å². The Bertz CT molecular complexity index is 775. The third kappa shape index (κ3) is 3.47. The van der Waals surface area contributed by atoms with Crippen LogP contribution in [0.25, 0.3) is 12.2 Å². The van der Waals surface area contributed by atoms with Gasteiger partial charge in [0.25, 0.3) is 0 Å². The van der Waals surface area contributed by atoms with E-state index in [1.807, 2.05) is 42.5 Å². The minimum Gasteiger partial charge on any atom is -0.395 e. The van der Waals surface area contributed by atoms with Crippen molar-refractivity contribution in [3.05, 3.63) is 48.6 Å². The van der Waals surface area contributed by atoms with Crippen molar-refractivity contribution in [3.8, 4) is 0 Å². The molecule has 4 N–H and O–H groups in total. The van der Waals surface area contributed by atoms with Crippen molar-refractivity contribution in [3.63, 3.8) is 0 Å². The smallest absolute Gasteiger partial charge is 0.125 e. The third-order valence-electron chi connectivity index (χ3n) is 2.96. The standard InChI is InChI=1S/C14H12I2N5P/c15-10-9(7-6-8-4-2-1-3-5-8)11(16-18)14(20-19)12(17)13(10)21-22/h1-7,18-19,22H,17H2/b7-6+,20-19?. The van der Waals surface area contributed by atoms with Crippen LogP contribution in [0.15, 0.2) is 40.2 Å². The van der Waals surface area contributed by atoms with Gasteiger partial charge < -0.3 is 5.73 Å². The zero-order chi connectivity index (χ0) is 16.1. The van der Waals surface area contributed by atoms with E-state index >= 15 is 0 Å². The van der Waals surface area contributed by atoms with E-state index in [9.17, 15) is 0 Å². The fourth-order valence-electron chi connectivity index (χ4n) is 1.90. The first-order valence-electron chi connectivity index (χ1n) is 6.07. The minimum absolute atomic E-state index is 0.341. The SMILES string of the molecule is N=Nc1c(N)c(N=P)c(I)c(/C=C/c2ccccc2)c1I=N. The molecule has 0 saturated heterocycles. The normalized spacial score (nSPS) is 10.8. The summed E-state index contributed by atoms with van der Waals surface area (Å²) in [6.45, 7) is 0. The second-order valence-corrected chi connectivity index (χ2v) is 7.14. The number of benzene rings is 2. The van der Waals surface area contributed by atoms with Gasteiger partial charge in [-0.05, 0) is 37.2 Å². The first-order chi connectivity index (χ1) is 10.6. The number of nitrogen functional groups attached to an aromatic ring is 1. The summed E-state index contributed by atoms with van der Waals surface area (Å²) in [5.41, 5.74) is 16.6. The molecule has 0 unspecified atom stereocenters. The molecule has 22 heavy (non-hydrogen) atoms. The predicted molar refractivity (Wildman–Crippen MR) is 110 cm³/mol. The molecule has 0 amide bonds. The molecule has 0 radical (unpaired) electrons. The van der Waals surface area contributed by atoms with Gasteiger partial charge in [-0.2, -0.15) is 5.11 Å². The van der Waals surface area contributed by atoms with E-state index in [2.05, 4.69) is 41.5 Å². The van der Waals surface area contributed by atoms with Crippen molar-refractivity contribution in [2.24, 2.45) is 9.86 Å². The molecule has 2 aromatic rings. The Morgan fingerprint density at radius 2 is 1.86 bits per heavy atom. The largest absolute Gasteiger partial charge is 0.395 e. The molecule has 8 heteroatoms. The van der Waals surface area contributed by atoms with Crippen LogP contribution in [0.3, 0.4) is 0 Å². The van der Waals surface area contributed by atoms with Crippen LogP contribution < -0.4 is 5.73 Å².